The standard InChI is InChI=1S/C10H15NOS/c1-3-8-5-4-6-9(10(8)11)7-13(2)12/h4-6H,3,7,11H2,1-2H3. The van der Waals surface area contributed by atoms with Crippen LogP contribution in [0.25, 0.3) is 0 Å². The van der Waals surface area contributed by atoms with Gasteiger partial charge in [0.1, 0.15) is 0 Å². The number of nitrogens with two attached hydrogens (primary N) is 1. The molecule has 0 amide bonds. The molecule has 0 aliphatic heterocycles. The molecule has 1 unspecified atom stereocenters. The van der Waals surface area contributed by atoms with Gasteiger partial charge in [-0.25, -0.2) is 0 Å². The average molecular weight is 197 g/mol. The summed E-state index contributed by atoms with van der Waals surface area (Å²) in [6.45, 7) is 2.07. The molecular formula is C10H15NOS. The Morgan fingerprint density at radius 2 is 2.00 bits per heavy atom. The zero-order valence-corrected chi connectivity index (χ0v) is 8.86. The van der Waals surface area contributed by atoms with Crippen molar-refractivity contribution in [2.75, 3.05) is 12.0 Å². The highest BCUT2D eigenvalue weighted by atomic mass is 32.2. The Balaban J connectivity index is 3.01. The minimum atomic E-state index is -0.817. The van der Waals surface area contributed by atoms with E-state index in [9.17, 15) is 4.21 Å². The molecule has 1 rings (SSSR count). The van der Waals surface area contributed by atoms with Gasteiger partial charge in [-0.15, -0.1) is 0 Å². The van der Waals surface area contributed by atoms with Gasteiger partial charge in [-0.1, -0.05) is 25.1 Å². The summed E-state index contributed by atoms with van der Waals surface area (Å²) in [5.41, 5.74) is 8.86. The van der Waals surface area contributed by atoms with Gasteiger partial charge in [0.05, 0.1) is 5.75 Å². The van der Waals surface area contributed by atoms with Crippen molar-refractivity contribution in [1.29, 1.82) is 0 Å². The highest BCUT2D eigenvalue weighted by molar-refractivity contribution is 7.83. The molecule has 1 atom stereocenters. The van der Waals surface area contributed by atoms with Gasteiger partial charge < -0.3 is 5.73 Å². The zero-order valence-electron chi connectivity index (χ0n) is 8.04. The number of hydrogen-bond donors (Lipinski definition) is 1. The smallest absolute Gasteiger partial charge is 0.0503 e. The van der Waals surface area contributed by atoms with E-state index in [-0.39, 0.29) is 0 Å². The van der Waals surface area contributed by atoms with Gasteiger partial charge in [-0.05, 0) is 17.5 Å². The van der Waals surface area contributed by atoms with E-state index in [1.54, 1.807) is 6.26 Å². The van der Waals surface area contributed by atoms with E-state index in [0.29, 0.717) is 5.75 Å². The highest BCUT2D eigenvalue weighted by Crippen LogP contribution is 2.19. The van der Waals surface area contributed by atoms with Crippen LogP contribution in [0, 0.1) is 0 Å². The number of hydrogen-bond acceptors (Lipinski definition) is 2. The Kier molecular flexibility index (Phi) is 3.48. The van der Waals surface area contributed by atoms with Crippen LogP contribution in [-0.2, 0) is 23.0 Å². The molecule has 13 heavy (non-hydrogen) atoms. The first-order valence-electron chi connectivity index (χ1n) is 4.31. The third-order valence-corrected chi connectivity index (χ3v) is 2.74. The van der Waals surface area contributed by atoms with E-state index in [0.717, 1.165) is 23.2 Å². The number of anilines is 1. The minimum Gasteiger partial charge on any atom is -0.398 e. The van der Waals surface area contributed by atoms with Crippen molar-refractivity contribution in [2.24, 2.45) is 0 Å². The summed E-state index contributed by atoms with van der Waals surface area (Å²) in [6.07, 6.45) is 2.62. The molecule has 0 spiro atoms. The first-order valence-corrected chi connectivity index (χ1v) is 6.04. The van der Waals surface area contributed by atoms with Crippen LogP contribution in [0.1, 0.15) is 18.1 Å². The zero-order chi connectivity index (χ0) is 9.84. The Bertz CT molecular complexity index is 323. The fraction of sp³-hybridized carbons (Fsp3) is 0.400. The van der Waals surface area contributed by atoms with Gasteiger partial charge in [0.2, 0.25) is 0 Å². The first kappa shape index (κ1) is 10.3. The lowest BCUT2D eigenvalue weighted by atomic mass is 10.1. The van der Waals surface area contributed by atoms with Crippen LogP contribution in [0.2, 0.25) is 0 Å². The van der Waals surface area contributed by atoms with Gasteiger partial charge in [0.25, 0.3) is 0 Å². The average Bonchev–Trinajstić information content (AvgIpc) is 2.08. The van der Waals surface area contributed by atoms with E-state index in [1.165, 1.54) is 0 Å². The fourth-order valence-electron chi connectivity index (χ4n) is 1.32. The van der Waals surface area contributed by atoms with Crippen molar-refractivity contribution in [3.8, 4) is 0 Å². The molecule has 3 heteroatoms. The summed E-state index contributed by atoms with van der Waals surface area (Å²) >= 11 is 0. The van der Waals surface area contributed by atoms with Crippen molar-refractivity contribution in [1.82, 2.24) is 0 Å². The molecule has 0 saturated carbocycles. The summed E-state index contributed by atoms with van der Waals surface area (Å²) in [5, 5.41) is 0. The lowest BCUT2D eigenvalue weighted by Crippen LogP contribution is -2.01. The SMILES string of the molecule is CCc1cccc(CS(C)=O)c1N. The van der Waals surface area contributed by atoms with Gasteiger partial charge in [-0.2, -0.15) is 0 Å². The van der Waals surface area contributed by atoms with E-state index < -0.39 is 10.8 Å². The molecule has 2 nitrogen and oxygen atoms in total. The Hall–Kier alpha value is -0.830. The summed E-state index contributed by atoms with van der Waals surface area (Å²) in [7, 11) is -0.817. The second-order valence-electron chi connectivity index (χ2n) is 3.06. The van der Waals surface area contributed by atoms with Crippen molar-refractivity contribution >= 4 is 16.5 Å². The Morgan fingerprint density at radius 3 is 2.54 bits per heavy atom. The molecule has 1 aromatic rings. The number of para-hydroxylation sites is 1. The molecule has 0 aliphatic rings. The summed E-state index contributed by atoms with van der Waals surface area (Å²) in [5.74, 6) is 0.555. The molecule has 0 fully saturated rings. The second-order valence-corrected chi connectivity index (χ2v) is 4.50. The lowest BCUT2D eigenvalue weighted by molar-refractivity contribution is 0.686. The number of aryl methyl sites for hydroxylation is 1. The van der Waals surface area contributed by atoms with Crippen LogP contribution >= 0.6 is 0 Å². The van der Waals surface area contributed by atoms with Crippen LogP contribution in [0.5, 0.6) is 0 Å². The molecule has 72 valence electrons. The molecule has 2 N–H and O–H groups in total. The predicted molar refractivity (Wildman–Crippen MR) is 58.0 cm³/mol. The summed E-state index contributed by atoms with van der Waals surface area (Å²) in [4.78, 5) is 0. The van der Waals surface area contributed by atoms with E-state index >= 15 is 0 Å². The van der Waals surface area contributed by atoms with Crippen molar-refractivity contribution < 1.29 is 4.21 Å². The van der Waals surface area contributed by atoms with Crippen LogP contribution in [0.4, 0.5) is 5.69 Å². The maximum atomic E-state index is 11.0. The molecule has 0 aliphatic carbocycles. The topological polar surface area (TPSA) is 43.1 Å². The number of rotatable bonds is 3. The second kappa shape index (κ2) is 4.42. The van der Waals surface area contributed by atoms with Gasteiger partial charge in [-0.3, -0.25) is 4.21 Å². The summed E-state index contributed by atoms with van der Waals surface area (Å²) < 4.78 is 11.0. The minimum absolute atomic E-state index is 0.555. The third-order valence-electron chi connectivity index (χ3n) is 2.03. The van der Waals surface area contributed by atoms with Crippen LogP contribution < -0.4 is 5.73 Å². The normalized spacial score (nSPS) is 12.8. The first-order chi connectivity index (χ1) is 6.15. The van der Waals surface area contributed by atoms with Crippen molar-refractivity contribution in [3.05, 3.63) is 29.3 Å². The van der Waals surface area contributed by atoms with Gasteiger partial charge in [0.15, 0.2) is 0 Å². The van der Waals surface area contributed by atoms with E-state index in [1.807, 2.05) is 18.2 Å². The highest BCUT2D eigenvalue weighted by Gasteiger charge is 2.04. The molecule has 0 saturated heterocycles. The molecule has 0 heterocycles. The fourth-order valence-corrected chi connectivity index (χ4v) is 2.01. The van der Waals surface area contributed by atoms with Gasteiger partial charge in [0, 0.05) is 22.7 Å². The van der Waals surface area contributed by atoms with Gasteiger partial charge >= 0.3 is 0 Å². The maximum Gasteiger partial charge on any atom is 0.0503 e. The monoisotopic (exact) mass is 197 g/mol. The number of benzene rings is 1. The quantitative estimate of drug-likeness (QED) is 0.750. The Morgan fingerprint density at radius 1 is 1.38 bits per heavy atom. The van der Waals surface area contributed by atoms with E-state index in [2.05, 4.69) is 6.92 Å². The van der Waals surface area contributed by atoms with Crippen molar-refractivity contribution in [2.45, 2.75) is 19.1 Å². The largest absolute Gasteiger partial charge is 0.398 e. The third kappa shape index (κ3) is 2.56. The molecule has 0 bridgehead atoms. The number of nitrogen functional groups attached to an aromatic ring is 1. The molecule has 1 aromatic carbocycles. The predicted octanol–water partition coefficient (Wildman–Crippen LogP) is 1.71. The van der Waals surface area contributed by atoms with E-state index in [4.69, 9.17) is 5.73 Å². The van der Waals surface area contributed by atoms with Crippen LogP contribution in [-0.4, -0.2) is 10.5 Å². The Labute approximate surface area is 81.6 Å². The van der Waals surface area contributed by atoms with Crippen LogP contribution in [0.3, 0.4) is 0 Å². The molecule has 0 radical (unpaired) electrons. The molecule has 0 aromatic heterocycles. The maximum absolute atomic E-state index is 11.0. The van der Waals surface area contributed by atoms with Crippen molar-refractivity contribution in [3.63, 3.8) is 0 Å². The van der Waals surface area contributed by atoms with Crippen LogP contribution in [0.15, 0.2) is 18.2 Å². The lowest BCUT2D eigenvalue weighted by Gasteiger charge is -2.07. The molecular weight excluding hydrogens is 182 g/mol. The summed E-state index contributed by atoms with van der Waals surface area (Å²) in [6, 6.07) is 5.92.